The second-order valence-corrected chi connectivity index (χ2v) is 9.07. The van der Waals surface area contributed by atoms with Crippen molar-refractivity contribution in [1.82, 2.24) is 0 Å². The molecule has 2 aliphatic heterocycles. The minimum absolute atomic E-state index is 0.113. The minimum atomic E-state index is -0.113. The molecule has 0 spiro atoms. The first-order valence-electron chi connectivity index (χ1n) is 10.7. The number of fused-ring (bicyclic) bond motifs is 5. The number of hydrogen-bond donors (Lipinski definition) is 0. The van der Waals surface area contributed by atoms with Crippen LogP contribution in [0.15, 0.2) is 17.7 Å². The van der Waals surface area contributed by atoms with Crippen LogP contribution in [0, 0.1) is 5.92 Å². The van der Waals surface area contributed by atoms with Gasteiger partial charge in [0, 0.05) is 17.4 Å². The molecule has 0 fully saturated rings. The molecule has 2 nitrogen and oxygen atoms in total. The van der Waals surface area contributed by atoms with Crippen LogP contribution in [-0.4, -0.2) is 12.2 Å². The van der Waals surface area contributed by atoms with Crippen LogP contribution in [0.1, 0.15) is 88.8 Å². The van der Waals surface area contributed by atoms with Crippen molar-refractivity contribution in [3.8, 4) is 11.5 Å². The molecule has 3 aliphatic rings. The molecule has 0 N–H and O–H groups in total. The van der Waals surface area contributed by atoms with Crippen LogP contribution >= 0.6 is 0 Å². The fourth-order valence-electron chi connectivity index (χ4n) is 5.33. The average Bonchev–Trinajstić information content (AvgIpc) is 2.61. The predicted molar refractivity (Wildman–Crippen MR) is 107 cm³/mol. The van der Waals surface area contributed by atoms with Gasteiger partial charge in [0.15, 0.2) is 0 Å². The van der Waals surface area contributed by atoms with Crippen molar-refractivity contribution in [2.45, 2.75) is 90.6 Å². The molecule has 0 bridgehead atoms. The summed E-state index contributed by atoms with van der Waals surface area (Å²) in [6.07, 6.45) is 12.0. The Morgan fingerprint density at radius 2 is 2.08 bits per heavy atom. The Kier molecular flexibility index (Phi) is 4.79. The second-order valence-electron chi connectivity index (χ2n) is 9.07. The van der Waals surface area contributed by atoms with E-state index in [1.165, 1.54) is 53.7 Å². The average molecular weight is 355 g/mol. The number of ether oxygens (including phenoxy) is 2. The van der Waals surface area contributed by atoms with Crippen molar-refractivity contribution in [3.63, 3.8) is 0 Å². The lowest BCUT2D eigenvalue weighted by molar-refractivity contribution is 0.00694. The molecule has 4 rings (SSSR count). The maximum absolute atomic E-state index is 6.63. The minimum Gasteiger partial charge on any atom is -0.493 e. The van der Waals surface area contributed by atoms with Crippen LogP contribution in [0.4, 0.5) is 0 Å². The maximum Gasteiger partial charge on any atom is 0.129 e. The number of aryl methyl sites for hydroxylation is 1. The van der Waals surface area contributed by atoms with Gasteiger partial charge in [-0.05, 0) is 76.5 Å². The van der Waals surface area contributed by atoms with E-state index in [9.17, 15) is 0 Å². The van der Waals surface area contributed by atoms with E-state index in [0.29, 0.717) is 11.8 Å². The van der Waals surface area contributed by atoms with Crippen LogP contribution in [-0.2, 0) is 12.8 Å². The number of unbranched alkanes of at least 4 members (excludes halogenated alkanes) is 2. The van der Waals surface area contributed by atoms with Crippen molar-refractivity contribution in [3.05, 3.63) is 34.4 Å². The van der Waals surface area contributed by atoms with Crippen LogP contribution in [0.2, 0.25) is 0 Å². The molecule has 1 aromatic rings. The Morgan fingerprint density at radius 1 is 1.23 bits per heavy atom. The molecule has 0 aromatic heterocycles. The van der Waals surface area contributed by atoms with Crippen molar-refractivity contribution >= 4 is 0 Å². The van der Waals surface area contributed by atoms with Crippen molar-refractivity contribution in [2.75, 3.05) is 6.61 Å². The third kappa shape index (κ3) is 3.06. The molecule has 26 heavy (non-hydrogen) atoms. The zero-order chi connectivity index (χ0) is 18.3. The fraction of sp³-hybridized carbons (Fsp3) is 0.667. The van der Waals surface area contributed by atoms with E-state index in [0.717, 1.165) is 38.0 Å². The van der Waals surface area contributed by atoms with Crippen molar-refractivity contribution in [2.24, 2.45) is 5.92 Å². The highest BCUT2D eigenvalue weighted by Crippen LogP contribution is 2.56. The van der Waals surface area contributed by atoms with Gasteiger partial charge >= 0.3 is 0 Å². The Hall–Kier alpha value is -1.44. The fourth-order valence-corrected chi connectivity index (χ4v) is 5.33. The van der Waals surface area contributed by atoms with E-state index < -0.39 is 0 Å². The first-order chi connectivity index (χ1) is 12.5. The summed E-state index contributed by atoms with van der Waals surface area (Å²) in [5.74, 6) is 3.38. The van der Waals surface area contributed by atoms with Crippen LogP contribution < -0.4 is 9.47 Å². The summed E-state index contributed by atoms with van der Waals surface area (Å²) in [5.41, 5.74) is 5.75. The van der Waals surface area contributed by atoms with Crippen molar-refractivity contribution in [1.29, 1.82) is 0 Å². The molecule has 2 atom stereocenters. The van der Waals surface area contributed by atoms with Crippen LogP contribution in [0.25, 0.3) is 0 Å². The molecule has 1 aromatic carbocycles. The summed E-state index contributed by atoms with van der Waals surface area (Å²) in [7, 11) is 0. The van der Waals surface area contributed by atoms with Crippen molar-refractivity contribution < 1.29 is 9.47 Å². The normalized spacial score (nSPS) is 25.9. The Morgan fingerprint density at radius 3 is 2.88 bits per heavy atom. The first-order valence-corrected chi connectivity index (χ1v) is 10.7. The highest BCUT2D eigenvalue weighted by Gasteiger charge is 2.46. The second kappa shape index (κ2) is 6.94. The largest absolute Gasteiger partial charge is 0.493 e. The van der Waals surface area contributed by atoms with Gasteiger partial charge in [-0.15, -0.1) is 0 Å². The number of allylic oxidation sites excluding steroid dienone is 2. The van der Waals surface area contributed by atoms with E-state index in [1.807, 2.05) is 0 Å². The summed E-state index contributed by atoms with van der Waals surface area (Å²) in [4.78, 5) is 0. The van der Waals surface area contributed by atoms with E-state index in [1.54, 1.807) is 0 Å². The highest BCUT2D eigenvalue weighted by atomic mass is 16.5. The van der Waals surface area contributed by atoms with Gasteiger partial charge in [-0.2, -0.15) is 0 Å². The Labute approximate surface area is 159 Å². The molecule has 2 heteroatoms. The zero-order valence-corrected chi connectivity index (χ0v) is 17.0. The third-order valence-corrected chi connectivity index (χ3v) is 6.73. The lowest BCUT2D eigenvalue weighted by Crippen LogP contribution is -2.45. The summed E-state index contributed by atoms with van der Waals surface area (Å²) in [6, 6.07) is 2.38. The zero-order valence-electron chi connectivity index (χ0n) is 17.0. The highest BCUT2D eigenvalue weighted by molar-refractivity contribution is 5.59. The summed E-state index contributed by atoms with van der Waals surface area (Å²) >= 11 is 0. The molecule has 0 unspecified atom stereocenters. The Balaban J connectivity index is 1.81. The topological polar surface area (TPSA) is 18.5 Å². The van der Waals surface area contributed by atoms with Crippen LogP contribution in [0.5, 0.6) is 11.5 Å². The Bertz CT molecular complexity index is 713. The number of hydrogen-bond acceptors (Lipinski definition) is 2. The quantitative estimate of drug-likeness (QED) is 0.463. The molecule has 0 saturated heterocycles. The van der Waals surface area contributed by atoms with Gasteiger partial charge < -0.3 is 9.47 Å². The van der Waals surface area contributed by atoms with Gasteiger partial charge in [0.2, 0.25) is 0 Å². The molecule has 0 radical (unpaired) electrons. The van der Waals surface area contributed by atoms with E-state index >= 15 is 0 Å². The molecular formula is C24H34O2. The van der Waals surface area contributed by atoms with Gasteiger partial charge in [0.25, 0.3) is 0 Å². The number of benzene rings is 1. The summed E-state index contributed by atoms with van der Waals surface area (Å²) in [6.45, 7) is 9.96. The standard InChI is InChI=1S/C24H34O2/c1-5-6-7-9-17-15-21-22(23-18(17)10-8-13-25-23)19-14-16(2)11-12-20(19)24(3,4)26-21/h11,15,19-20H,5-10,12-14H2,1-4H3/t19-,20-/m1/s1. The maximum atomic E-state index is 6.63. The first kappa shape index (κ1) is 17.9. The molecule has 142 valence electrons. The monoisotopic (exact) mass is 354 g/mol. The molecule has 0 amide bonds. The van der Waals surface area contributed by atoms with E-state index in [2.05, 4.69) is 39.8 Å². The van der Waals surface area contributed by atoms with Gasteiger partial charge in [0.05, 0.1) is 6.61 Å². The van der Waals surface area contributed by atoms with Gasteiger partial charge in [-0.1, -0.05) is 31.4 Å². The molecule has 2 heterocycles. The van der Waals surface area contributed by atoms with Gasteiger partial charge in [-0.25, -0.2) is 0 Å². The summed E-state index contributed by atoms with van der Waals surface area (Å²) in [5, 5.41) is 0. The molecule has 1 aliphatic carbocycles. The third-order valence-electron chi connectivity index (χ3n) is 6.73. The summed E-state index contributed by atoms with van der Waals surface area (Å²) < 4.78 is 12.9. The molecule has 0 saturated carbocycles. The molecular weight excluding hydrogens is 320 g/mol. The smallest absolute Gasteiger partial charge is 0.129 e. The lowest BCUT2D eigenvalue weighted by Gasteiger charge is -2.48. The SMILES string of the molecule is CCCCCc1cc2c(c3c1CCCO3)[C@@H]1CC(C)=CC[C@H]1C(C)(C)O2. The van der Waals surface area contributed by atoms with Crippen LogP contribution in [0.3, 0.4) is 0 Å². The lowest BCUT2D eigenvalue weighted by atomic mass is 9.66. The number of rotatable bonds is 4. The van der Waals surface area contributed by atoms with Gasteiger partial charge in [0.1, 0.15) is 17.1 Å². The predicted octanol–water partition coefficient (Wildman–Crippen LogP) is 6.36. The van der Waals surface area contributed by atoms with E-state index in [4.69, 9.17) is 9.47 Å². The van der Waals surface area contributed by atoms with Gasteiger partial charge in [-0.3, -0.25) is 0 Å². The van der Waals surface area contributed by atoms with E-state index in [-0.39, 0.29) is 5.60 Å².